The van der Waals surface area contributed by atoms with Crippen molar-refractivity contribution in [1.29, 1.82) is 0 Å². The monoisotopic (exact) mass is 248 g/mol. The van der Waals surface area contributed by atoms with E-state index in [2.05, 4.69) is 9.97 Å². The Kier molecular flexibility index (Phi) is 3.55. The third-order valence-electron chi connectivity index (χ3n) is 3.30. The van der Waals surface area contributed by atoms with Crippen molar-refractivity contribution >= 4 is 11.8 Å². The number of nitrogens with zero attached hydrogens (tertiary/aromatic N) is 3. The molecule has 6 heteroatoms. The smallest absolute Gasteiger partial charge is 0.240 e. The van der Waals surface area contributed by atoms with Crippen molar-refractivity contribution in [3.8, 4) is 0 Å². The first-order chi connectivity index (χ1) is 8.63. The van der Waals surface area contributed by atoms with Crippen LogP contribution >= 0.6 is 0 Å². The number of nitrogens with two attached hydrogens (primary N) is 1. The molecular formula is C12H16N4O2. The number of carbonyl (C=O) groups is 2. The van der Waals surface area contributed by atoms with Gasteiger partial charge in [-0.05, 0) is 12.0 Å². The fourth-order valence-corrected chi connectivity index (χ4v) is 2.35. The first kappa shape index (κ1) is 12.5. The van der Waals surface area contributed by atoms with E-state index in [1.807, 2.05) is 6.92 Å². The van der Waals surface area contributed by atoms with E-state index in [1.165, 1.54) is 6.33 Å². The molecule has 0 aromatic carbocycles. The molecule has 2 atom stereocenters. The summed E-state index contributed by atoms with van der Waals surface area (Å²) in [6, 6.07) is -0.507. The van der Waals surface area contributed by atoms with Gasteiger partial charge in [-0.1, -0.05) is 6.92 Å². The molecule has 2 amide bonds. The highest BCUT2D eigenvalue weighted by Crippen LogP contribution is 2.29. The Hall–Kier alpha value is -1.98. The van der Waals surface area contributed by atoms with E-state index in [4.69, 9.17) is 5.73 Å². The minimum absolute atomic E-state index is 0.0329. The van der Waals surface area contributed by atoms with Crippen LogP contribution in [0.5, 0.6) is 0 Å². The van der Waals surface area contributed by atoms with Gasteiger partial charge in [0.15, 0.2) is 0 Å². The van der Waals surface area contributed by atoms with Crippen molar-refractivity contribution in [3.63, 3.8) is 0 Å². The van der Waals surface area contributed by atoms with Gasteiger partial charge in [0.1, 0.15) is 12.4 Å². The molecule has 2 unspecified atom stereocenters. The Balaban J connectivity index is 2.14. The van der Waals surface area contributed by atoms with Gasteiger partial charge in [0.25, 0.3) is 0 Å². The molecule has 1 fully saturated rings. The van der Waals surface area contributed by atoms with Gasteiger partial charge in [0, 0.05) is 31.3 Å². The molecular weight excluding hydrogens is 232 g/mol. The zero-order chi connectivity index (χ0) is 13.1. The predicted molar refractivity (Wildman–Crippen MR) is 64.4 cm³/mol. The molecule has 2 heterocycles. The fourth-order valence-electron chi connectivity index (χ4n) is 2.35. The van der Waals surface area contributed by atoms with E-state index >= 15 is 0 Å². The first-order valence-corrected chi connectivity index (χ1v) is 5.97. The average Bonchev–Trinajstić information content (AvgIpc) is 2.73. The van der Waals surface area contributed by atoms with Crippen molar-refractivity contribution in [2.75, 3.05) is 6.54 Å². The SMILES string of the molecule is CCC(C(N)=O)N1CC(c2cncnc2)CC1=O. The second-order valence-electron chi connectivity index (χ2n) is 4.45. The van der Waals surface area contributed by atoms with E-state index in [0.717, 1.165) is 5.56 Å². The van der Waals surface area contributed by atoms with Crippen LogP contribution in [0.25, 0.3) is 0 Å². The number of amides is 2. The van der Waals surface area contributed by atoms with Gasteiger partial charge in [-0.25, -0.2) is 9.97 Å². The summed E-state index contributed by atoms with van der Waals surface area (Å²) >= 11 is 0. The Morgan fingerprint density at radius 1 is 1.56 bits per heavy atom. The van der Waals surface area contributed by atoms with Gasteiger partial charge in [-0.15, -0.1) is 0 Å². The molecule has 18 heavy (non-hydrogen) atoms. The molecule has 1 aromatic rings. The van der Waals surface area contributed by atoms with Crippen LogP contribution in [0.1, 0.15) is 31.2 Å². The van der Waals surface area contributed by atoms with Crippen molar-refractivity contribution in [2.45, 2.75) is 31.7 Å². The molecule has 1 aromatic heterocycles. The summed E-state index contributed by atoms with van der Waals surface area (Å²) < 4.78 is 0. The largest absolute Gasteiger partial charge is 0.368 e. The molecule has 0 saturated carbocycles. The number of hydrogen-bond donors (Lipinski definition) is 1. The fraction of sp³-hybridized carbons (Fsp3) is 0.500. The molecule has 96 valence electrons. The molecule has 0 bridgehead atoms. The van der Waals surface area contributed by atoms with E-state index in [9.17, 15) is 9.59 Å². The van der Waals surface area contributed by atoms with Gasteiger partial charge in [0.2, 0.25) is 11.8 Å². The van der Waals surface area contributed by atoms with Crippen molar-refractivity contribution in [1.82, 2.24) is 14.9 Å². The van der Waals surface area contributed by atoms with Crippen LogP contribution in [0.2, 0.25) is 0 Å². The normalized spacial score (nSPS) is 21.1. The number of aromatic nitrogens is 2. The lowest BCUT2D eigenvalue weighted by atomic mass is 10.0. The summed E-state index contributed by atoms with van der Waals surface area (Å²) in [6.07, 6.45) is 5.80. The van der Waals surface area contributed by atoms with E-state index in [-0.39, 0.29) is 11.8 Å². The lowest BCUT2D eigenvalue weighted by Crippen LogP contribution is -2.45. The third-order valence-corrected chi connectivity index (χ3v) is 3.30. The number of rotatable bonds is 4. The zero-order valence-electron chi connectivity index (χ0n) is 10.2. The highest BCUT2D eigenvalue weighted by Gasteiger charge is 2.36. The third kappa shape index (κ3) is 2.32. The van der Waals surface area contributed by atoms with Crippen molar-refractivity contribution in [3.05, 3.63) is 24.3 Å². The van der Waals surface area contributed by atoms with Gasteiger partial charge in [0.05, 0.1) is 0 Å². The Morgan fingerprint density at radius 2 is 2.22 bits per heavy atom. The summed E-state index contributed by atoms with van der Waals surface area (Å²) in [4.78, 5) is 32.7. The zero-order valence-corrected chi connectivity index (χ0v) is 10.2. The number of hydrogen-bond acceptors (Lipinski definition) is 4. The van der Waals surface area contributed by atoms with Crippen LogP contribution in [0.4, 0.5) is 0 Å². The maximum Gasteiger partial charge on any atom is 0.240 e. The van der Waals surface area contributed by atoms with Crippen LogP contribution in [0.15, 0.2) is 18.7 Å². The minimum Gasteiger partial charge on any atom is -0.368 e. The van der Waals surface area contributed by atoms with Crippen molar-refractivity contribution in [2.24, 2.45) is 5.73 Å². The Morgan fingerprint density at radius 3 is 2.78 bits per heavy atom. The van der Waals surface area contributed by atoms with E-state index in [0.29, 0.717) is 19.4 Å². The molecule has 2 rings (SSSR count). The lowest BCUT2D eigenvalue weighted by Gasteiger charge is -2.24. The van der Waals surface area contributed by atoms with Gasteiger partial charge < -0.3 is 10.6 Å². The molecule has 0 radical (unpaired) electrons. The summed E-state index contributed by atoms with van der Waals surface area (Å²) in [5.41, 5.74) is 6.24. The first-order valence-electron chi connectivity index (χ1n) is 5.97. The number of likely N-dealkylation sites (tertiary alicyclic amines) is 1. The standard InChI is InChI=1S/C12H16N4O2/c1-2-10(12(13)18)16-6-8(3-11(16)17)9-4-14-7-15-5-9/h4-5,7-8,10H,2-3,6H2,1H3,(H2,13,18). The van der Waals surface area contributed by atoms with Gasteiger partial charge >= 0.3 is 0 Å². The second-order valence-corrected chi connectivity index (χ2v) is 4.45. The topological polar surface area (TPSA) is 89.2 Å². The molecule has 2 N–H and O–H groups in total. The minimum atomic E-state index is -0.507. The summed E-state index contributed by atoms with van der Waals surface area (Å²) in [5.74, 6) is -0.433. The van der Waals surface area contributed by atoms with Crippen LogP contribution < -0.4 is 5.73 Å². The molecule has 1 aliphatic heterocycles. The molecule has 1 aliphatic rings. The maximum absolute atomic E-state index is 11.9. The summed E-state index contributed by atoms with van der Waals surface area (Å²) in [6.45, 7) is 2.36. The van der Waals surface area contributed by atoms with E-state index < -0.39 is 11.9 Å². The second kappa shape index (κ2) is 5.12. The van der Waals surface area contributed by atoms with Crippen LogP contribution in [-0.4, -0.2) is 39.3 Å². The summed E-state index contributed by atoms with van der Waals surface area (Å²) in [5, 5.41) is 0. The van der Waals surface area contributed by atoms with Crippen LogP contribution in [0.3, 0.4) is 0 Å². The van der Waals surface area contributed by atoms with Crippen LogP contribution in [0, 0.1) is 0 Å². The maximum atomic E-state index is 11.9. The Labute approximate surface area is 105 Å². The van der Waals surface area contributed by atoms with E-state index in [1.54, 1.807) is 17.3 Å². The average molecular weight is 248 g/mol. The predicted octanol–water partition coefficient (Wildman–Crippen LogP) is 0.0564. The van der Waals surface area contributed by atoms with Gasteiger partial charge in [-0.2, -0.15) is 0 Å². The van der Waals surface area contributed by atoms with Gasteiger partial charge in [-0.3, -0.25) is 9.59 Å². The highest BCUT2D eigenvalue weighted by molar-refractivity contribution is 5.88. The quantitative estimate of drug-likeness (QED) is 0.815. The summed E-state index contributed by atoms with van der Waals surface area (Å²) in [7, 11) is 0. The molecule has 0 aliphatic carbocycles. The molecule has 1 saturated heterocycles. The van der Waals surface area contributed by atoms with Crippen LogP contribution in [-0.2, 0) is 9.59 Å². The Bertz CT molecular complexity index is 449. The molecule has 6 nitrogen and oxygen atoms in total. The number of primary amides is 1. The lowest BCUT2D eigenvalue weighted by molar-refractivity contribution is -0.136. The number of carbonyl (C=O) groups excluding carboxylic acids is 2. The molecule has 0 spiro atoms. The van der Waals surface area contributed by atoms with Crippen molar-refractivity contribution < 1.29 is 9.59 Å². The highest BCUT2D eigenvalue weighted by atomic mass is 16.2.